The maximum atomic E-state index is 13.5. The van der Waals surface area contributed by atoms with Crippen molar-refractivity contribution in [2.24, 2.45) is 0 Å². The summed E-state index contributed by atoms with van der Waals surface area (Å²) < 4.78 is 16.8. The molecule has 0 aliphatic carbocycles. The standard InChI is InChI=1S/C19H14BrFN4OS/c20-14-4-1-3-13(11-14)18(26)25(10-9-24-8-2-7-22-24)19-23-16-6-5-15(21)12-17(16)27-19/h1-8,11-12H,9-10H2. The van der Waals surface area contributed by atoms with E-state index in [4.69, 9.17) is 0 Å². The van der Waals surface area contributed by atoms with Crippen LogP contribution in [-0.2, 0) is 6.54 Å². The molecule has 2 heterocycles. The van der Waals surface area contributed by atoms with E-state index < -0.39 is 0 Å². The van der Waals surface area contributed by atoms with Crippen LogP contribution in [0.25, 0.3) is 10.2 Å². The van der Waals surface area contributed by atoms with Gasteiger partial charge in [0.1, 0.15) is 5.82 Å². The van der Waals surface area contributed by atoms with E-state index in [1.807, 2.05) is 24.4 Å². The zero-order valence-corrected chi connectivity index (χ0v) is 16.5. The van der Waals surface area contributed by atoms with Crippen LogP contribution in [0, 0.1) is 5.82 Å². The summed E-state index contributed by atoms with van der Waals surface area (Å²) >= 11 is 4.70. The van der Waals surface area contributed by atoms with Gasteiger partial charge in [-0.15, -0.1) is 0 Å². The van der Waals surface area contributed by atoms with Gasteiger partial charge in [0.15, 0.2) is 5.13 Å². The van der Waals surface area contributed by atoms with Crippen LogP contribution in [0.2, 0.25) is 0 Å². The molecule has 0 unspecified atom stereocenters. The lowest BCUT2D eigenvalue weighted by Gasteiger charge is -2.20. The van der Waals surface area contributed by atoms with Gasteiger partial charge in [0, 0.05) is 29.0 Å². The Bertz CT molecular complexity index is 1100. The number of amides is 1. The van der Waals surface area contributed by atoms with Crippen molar-refractivity contribution in [2.45, 2.75) is 6.54 Å². The molecule has 0 aliphatic heterocycles. The van der Waals surface area contributed by atoms with E-state index in [1.54, 1.807) is 34.0 Å². The molecule has 0 spiro atoms. The lowest BCUT2D eigenvalue weighted by atomic mass is 10.2. The molecule has 4 aromatic rings. The number of hydrogen-bond acceptors (Lipinski definition) is 4. The number of carbonyl (C=O) groups excluding carboxylic acids is 1. The van der Waals surface area contributed by atoms with Crippen molar-refractivity contribution in [1.29, 1.82) is 0 Å². The summed E-state index contributed by atoms with van der Waals surface area (Å²) in [5.74, 6) is -0.484. The lowest BCUT2D eigenvalue weighted by molar-refractivity contribution is 0.0985. The van der Waals surface area contributed by atoms with Crippen molar-refractivity contribution in [3.05, 3.63) is 76.8 Å². The Morgan fingerprint density at radius 3 is 2.89 bits per heavy atom. The highest BCUT2D eigenvalue weighted by Crippen LogP contribution is 2.30. The van der Waals surface area contributed by atoms with E-state index in [2.05, 4.69) is 26.0 Å². The van der Waals surface area contributed by atoms with Gasteiger partial charge in [-0.1, -0.05) is 33.3 Å². The maximum absolute atomic E-state index is 13.5. The summed E-state index contributed by atoms with van der Waals surface area (Å²) in [6.45, 7) is 0.923. The largest absolute Gasteiger partial charge is 0.282 e. The zero-order valence-electron chi connectivity index (χ0n) is 14.0. The second-order valence-corrected chi connectivity index (χ2v) is 7.77. The SMILES string of the molecule is O=C(c1cccc(Br)c1)N(CCn1cccn1)c1nc2ccc(F)cc2s1. The number of carbonyl (C=O) groups is 1. The number of halogens is 2. The molecular weight excluding hydrogens is 431 g/mol. The van der Waals surface area contributed by atoms with E-state index in [-0.39, 0.29) is 11.7 Å². The van der Waals surface area contributed by atoms with Crippen LogP contribution in [-0.4, -0.2) is 27.2 Å². The van der Waals surface area contributed by atoms with E-state index in [1.165, 1.54) is 23.5 Å². The Hall–Kier alpha value is -2.58. The van der Waals surface area contributed by atoms with Crippen molar-refractivity contribution < 1.29 is 9.18 Å². The normalized spacial score (nSPS) is 11.0. The average molecular weight is 445 g/mol. The molecule has 0 saturated carbocycles. The van der Waals surface area contributed by atoms with Gasteiger partial charge in [-0.3, -0.25) is 14.4 Å². The number of aromatic nitrogens is 3. The van der Waals surface area contributed by atoms with E-state index in [0.29, 0.717) is 34.0 Å². The third kappa shape index (κ3) is 3.91. The molecule has 2 aromatic carbocycles. The fourth-order valence-corrected chi connectivity index (χ4v) is 4.11. The topological polar surface area (TPSA) is 51.0 Å². The number of hydrogen-bond donors (Lipinski definition) is 0. The Morgan fingerprint density at radius 1 is 1.22 bits per heavy atom. The molecule has 0 fully saturated rings. The Morgan fingerprint density at radius 2 is 2.11 bits per heavy atom. The Balaban J connectivity index is 1.70. The molecule has 136 valence electrons. The molecule has 4 rings (SSSR count). The van der Waals surface area contributed by atoms with Crippen molar-refractivity contribution >= 4 is 48.5 Å². The first-order valence-electron chi connectivity index (χ1n) is 8.21. The zero-order chi connectivity index (χ0) is 18.8. The molecule has 27 heavy (non-hydrogen) atoms. The fourth-order valence-electron chi connectivity index (χ4n) is 2.70. The molecular formula is C19H14BrFN4OS. The van der Waals surface area contributed by atoms with E-state index in [0.717, 1.165) is 4.47 Å². The third-order valence-electron chi connectivity index (χ3n) is 4.00. The number of thiazole rings is 1. The van der Waals surface area contributed by atoms with Gasteiger partial charge < -0.3 is 0 Å². The Labute approximate surface area is 167 Å². The predicted molar refractivity (Wildman–Crippen MR) is 108 cm³/mol. The summed E-state index contributed by atoms with van der Waals surface area (Å²) in [6.07, 6.45) is 3.54. The summed E-state index contributed by atoms with van der Waals surface area (Å²) in [7, 11) is 0. The van der Waals surface area contributed by atoms with Gasteiger partial charge in [-0.25, -0.2) is 9.37 Å². The van der Waals surface area contributed by atoms with Crippen LogP contribution in [0.4, 0.5) is 9.52 Å². The number of nitrogens with zero attached hydrogens (tertiary/aromatic N) is 4. The molecule has 1 amide bonds. The number of anilines is 1. The van der Waals surface area contributed by atoms with Crippen LogP contribution in [0.5, 0.6) is 0 Å². The van der Waals surface area contributed by atoms with Gasteiger partial charge in [0.2, 0.25) is 0 Å². The molecule has 0 N–H and O–H groups in total. The van der Waals surface area contributed by atoms with Crippen molar-refractivity contribution in [3.8, 4) is 0 Å². The van der Waals surface area contributed by atoms with Crippen molar-refractivity contribution in [3.63, 3.8) is 0 Å². The molecule has 0 radical (unpaired) electrons. The Kier molecular flexibility index (Phi) is 5.00. The van der Waals surface area contributed by atoms with Gasteiger partial charge >= 0.3 is 0 Å². The van der Waals surface area contributed by atoms with Crippen molar-refractivity contribution in [2.75, 3.05) is 11.4 Å². The van der Waals surface area contributed by atoms with Crippen LogP contribution in [0.3, 0.4) is 0 Å². The third-order valence-corrected chi connectivity index (χ3v) is 5.53. The highest BCUT2D eigenvalue weighted by Gasteiger charge is 2.21. The number of rotatable bonds is 5. The van der Waals surface area contributed by atoms with Gasteiger partial charge in [-0.05, 0) is 42.5 Å². The quantitative estimate of drug-likeness (QED) is 0.446. The minimum absolute atomic E-state index is 0.164. The van der Waals surface area contributed by atoms with Crippen LogP contribution < -0.4 is 4.90 Å². The first-order valence-corrected chi connectivity index (χ1v) is 9.82. The van der Waals surface area contributed by atoms with Gasteiger partial charge in [-0.2, -0.15) is 5.10 Å². The monoisotopic (exact) mass is 444 g/mol. The molecule has 0 saturated heterocycles. The maximum Gasteiger partial charge on any atom is 0.260 e. The van der Waals surface area contributed by atoms with E-state index >= 15 is 0 Å². The van der Waals surface area contributed by atoms with Crippen LogP contribution >= 0.6 is 27.3 Å². The minimum Gasteiger partial charge on any atom is -0.282 e. The second kappa shape index (κ2) is 7.58. The molecule has 0 aliphatic rings. The van der Waals surface area contributed by atoms with Crippen molar-refractivity contribution in [1.82, 2.24) is 14.8 Å². The van der Waals surface area contributed by atoms with Gasteiger partial charge in [0.25, 0.3) is 5.91 Å². The smallest absolute Gasteiger partial charge is 0.260 e. The predicted octanol–water partition coefficient (Wildman–Crippen LogP) is 4.74. The number of benzene rings is 2. The van der Waals surface area contributed by atoms with Gasteiger partial charge in [0.05, 0.1) is 16.8 Å². The molecule has 0 atom stereocenters. The number of fused-ring (bicyclic) bond motifs is 1. The van der Waals surface area contributed by atoms with Crippen LogP contribution in [0.1, 0.15) is 10.4 Å². The molecule has 2 aromatic heterocycles. The summed E-state index contributed by atoms with van der Waals surface area (Å²) in [5, 5.41) is 4.72. The van der Waals surface area contributed by atoms with Crippen LogP contribution in [0.15, 0.2) is 65.4 Å². The fraction of sp³-hybridized carbons (Fsp3) is 0.105. The molecule has 8 heteroatoms. The minimum atomic E-state index is -0.320. The highest BCUT2D eigenvalue weighted by atomic mass is 79.9. The van der Waals surface area contributed by atoms with E-state index in [9.17, 15) is 9.18 Å². The average Bonchev–Trinajstić information content (AvgIpc) is 3.31. The molecule has 0 bridgehead atoms. The molecule has 5 nitrogen and oxygen atoms in total. The first-order chi connectivity index (χ1) is 13.1. The summed E-state index contributed by atoms with van der Waals surface area (Å²) in [4.78, 5) is 19.3. The summed E-state index contributed by atoms with van der Waals surface area (Å²) in [6, 6.07) is 13.5. The second-order valence-electron chi connectivity index (χ2n) is 5.84. The summed E-state index contributed by atoms with van der Waals surface area (Å²) in [5.41, 5.74) is 1.22. The lowest BCUT2D eigenvalue weighted by Crippen LogP contribution is -2.34. The highest BCUT2D eigenvalue weighted by molar-refractivity contribution is 9.10. The first kappa shape index (κ1) is 17.8.